The molecular weight excluding hydrogens is 230 g/mol. The third-order valence-electron chi connectivity index (χ3n) is 1.76. The summed E-state index contributed by atoms with van der Waals surface area (Å²) in [6, 6.07) is 5.96. The first kappa shape index (κ1) is 12.0. The Kier molecular flexibility index (Phi) is 3.86. The van der Waals surface area contributed by atoms with Gasteiger partial charge in [0.25, 0.3) is 0 Å². The Balaban J connectivity index is 2.95. The van der Waals surface area contributed by atoms with Crippen molar-refractivity contribution in [3.8, 4) is 6.07 Å². The number of hydrogen-bond acceptors (Lipinski definition) is 3. The molecule has 0 aliphatic carbocycles. The van der Waals surface area contributed by atoms with E-state index >= 15 is 0 Å². The highest BCUT2D eigenvalue weighted by Gasteiger charge is 2.08. The standard InChI is InChI=1S/C10H8ClN3O2/c11-7-2-1-6(10(13)16)5-8(7)14-9(15)3-4-12/h1-2,5H,3H2,(H2,13,16)(H,14,15). The molecule has 0 aliphatic heterocycles. The molecule has 0 fully saturated rings. The molecule has 3 N–H and O–H groups in total. The maximum atomic E-state index is 11.1. The zero-order valence-electron chi connectivity index (χ0n) is 8.16. The molecule has 0 aliphatic rings. The summed E-state index contributed by atoms with van der Waals surface area (Å²) < 4.78 is 0. The summed E-state index contributed by atoms with van der Waals surface area (Å²) in [7, 11) is 0. The third kappa shape index (κ3) is 2.97. The van der Waals surface area contributed by atoms with Crippen molar-refractivity contribution >= 4 is 29.1 Å². The fourth-order valence-electron chi connectivity index (χ4n) is 1.04. The first-order valence-corrected chi connectivity index (χ1v) is 4.68. The topological polar surface area (TPSA) is 96.0 Å². The molecule has 5 nitrogen and oxygen atoms in total. The lowest BCUT2D eigenvalue weighted by Crippen LogP contribution is -2.14. The molecular formula is C10H8ClN3O2. The predicted molar refractivity (Wildman–Crippen MR) is 58.8 cm³/mol. The van der Waals surface area contributed by atoms with E-state index in [1.165, 1.54) is 18.2 Å². The van der Waals surface area contributed by atoms with Gasteiger partial charge in [-0.15, -0.1) is 0 Å². The molecule has 0 heterocycles. The highest BCUT2D eigenvalue weighted by molar-refractivity contribution is 6.33. The van der Waals surface area contributed by atoms with E-state index in [9.17, 15) is 9.59 Å². The molecule has 6 heteroatoms. The second-order valence-corrected chi connectivity index (χ2v) is 3.35. The van der Waals surface area contributed by atoms with E-state index in [4.69, 9.17) is 22.6 Å². The van der Waals surface area contributed by atoms with Crippen molar-refractivity contribution in [2.24, 2.45) is 5.73 Å². The van der Waals surface area contributed by atoms with Gasteiger partial charge < -0.3 is 11.1 Å². The molecule has 0 spiro atoms. The number of rotatable bonds is 3. The van der Waals surface area contributed by atoms with Crippen molar-refractivity contribution in [1.82, 2.24) is 0 Å². The van der Waals surface area contributed by atoms with Gasteiger partial charge in [0.15, 0.2) is 0 Å². The zero-order chi connectivity index (χ0) is 12.1. The third-order valence-corrected chi connectivity index (χ3v) is 2.09. The number of carbonyl (C=O) groups is 2. The van der Waals surface area contributed by atoms with Crippen LogP contribution in [0.3, 0.4) is 0 Å². The van der Waals surface area contributed by atoms with E-state index in [0.29, 0.717) is 0 Å². The monoisotopic (exact) mass is 237 g/mol. The van der Waals surface area contributed by atoms with Gasteiger partial charge in [-0.1, -0.05) is 11.6 Å². The highest BCUT2D eigenvalue weighted by atomic mass is 35.5. The molecule has 0 saturated heterocycles. The van der Waals surface area contributed by atoms with Crippen LogP contribution in [0, 0.1) is 11.3 Å². The molecule has 0 unspecified atom stereocenters. The Morgan fingerprint density at radius 1 is 1.50 bits per heavy atom. The lowest BCUT2D eigenvalue weighted by Gasteiger charge is -2.06. The minimum atomic E-state index is -0.618. The molecule has 1 aromatic rings. The molecule has 0 bridgehead atoms. The van der Waals surface area contributed by atoms with E-state index in [1.807, 2.05) is 0 Å². The van der Waals surface area contributed by atoms with Crippen LogP contribution in [-0.2, 0) is 4.79 Å². The molecule has 16 heavy (non-hydrogen) atoms. The van der Waals surface area contributed by atoms with Gasteiger partial charge in [0.2, 0.25) is 11.8 Å². The van der Waals surface area contributed by atoms with Gasteiger partial charge in [-0.2, -0.15) is 5.26 Å². The molecule has 1 aromatic carbocycles. The van der Waals surface area contributed by atoms with Gasteiger partial charge >= 0.3 is 0 Å². The number of nitriles is 1. The van der Waals surface area contributed by atoms with Crippen molar-refractivity contribution in [2.45, 2.75) is 6.42 Å². The fourth-order valence-corrected chi connectivity index (χ4v) is 1.21. The Labute approximate surface area is 96.8 Å². The SMILES string of the molecule is N#CCC(=O)Nc1cc(C(N)=O)ccc1Cl. The normalized spacial score (nSPS) is 9.25. The average molecular weight is 238 g/mol. The second kappa shape index (κ2) is 5.14. The minimum Gasteiger partial charge on any atom is -0.366 e. The molecule has 0 aromatic heterocycles. The molecule has 0 saturated carbocycles. The van der Waals surface area contributed by atoms with Crippen molar-refractivity contribution in [3.05, 3.63) is 28.8 Å². The maximum Gasteiger partial charge on any atom is 0.248 e. The smallest absolute Gasteiger partial charge is 0.248 e. The number of anilines is 1. The zero-order valence-corrected chi connectivity index (χ0v) is 8.91. The Morgan fingerprint density at radius 2 is 2.19 bits per heavy atom. The van der Waals surface area contributed by atoms with Crippen LogP contribution in [-0.4, -0.2) is 11.8 Å². The average Bonchev–Trinajstić information content (AvgIpc) is 2.21. The van der Waals surface area contributed by atoms with Gasteiger partial charge in [-0.3, -0.25) is 9.59 Å². The maximum absolute atomic E-state index is 11.1. The van der Waals surface area contributed by atoms with Crippen LogP contribution < -0.4 is 11.1 Å². The Bertz CT molecular complexity index is 479. The number of nitrogens with two attached hydrogens (primary N) is 1. The van der Waals surface area contributed by atoms with Gasteiger partial charge in [0.05, 0.1) is 16.8 Å². The number of carbonyl (C=O) groups excluding carboxylic acids is 2. The predicted octanol–water partition coefficient (Wildman–Crippen LogP) is 1.29. The summed E-state index contributed by atoms with van der Waals surface area (Å²) in [6.45, 7) is 0. The number of hydrogen-bond donors (Lipinski definition) is 2. The summed E-state index contributed by atoms with van der Waals surface area (Å²) in [4.78, 5) is 22.0. The highest BCUT2D eigenvalue weighted by Crippen LogP contribution is 2.22. The van der Waals surface area contributed by atoms with E-state index in [-0.39, 0.29) is 22.7 Å². The quantitative estimate of drug-likeness (QED) is 0.829. The number of primary amides is 1. The van der Waals surface area contributed by atoms with Crippen LogP contribution in [0.1, 0.15) is 16.8 Å². The summed E-state index contributed by atoms with van der Waals surface area (Å²) in [5.74, 6) is -1.11. The number of halogens is 1. The molecule has 82 valence electrons. The van der Waals surface area contributed by atoms with Crippen molar-refractivity contribution in [3.63, 3.8) is 0 Å². The van der Waals surface area contributed by atoms with Gasteiger partial charge in [0.1, 0.15) is 6.42 Å². The Morgan fingerprint density at radius 3 is 2.75 bits per heavy atom. The summed E-state index contributed by atoms with van der Waals surface area (Å²) in [6.07, 6.45) is -0.281. The number of nitrogens with zero attached hydrogens (tertiary/aromatic N) is 1. The van der Waals surface area contributed by atoms with Gasteiger partial charge in [-0.05, 0) is 18.2 Å². The van der Waals surface area contributed by atoms with Crippen LogP contribution in [0.15, 0.2) is 18.2 Å². The molecule has 2 amide bonds. The first-order valence-electron chi connectivity index (χ1n) is 4.30. The summed E-state index contributed by atoms with van der Waals surface area (Å²) in [5, 5.41) is 11.0. The van der Waals surface area contributed by atoms with Crippen LogP contribution in [0.2, 0.25) is 5.02 Å². The number of nitrogens with one attached hydrogen (secondary N) is 1. The van der Waals surface area contributed by atoms with Crippen LogP contribution in [0.25, 0.3) is 0 Å². The van der Waals surface area contributed by atoms with Crippen LogP contribution in [0.5, 0.6) is 0 Å². The number of benzene rings is 1. The summed E-state index contributed by atoms with van der Waals surface area (Å²) >= 11 is 5.80. The summed E-state index contributed by atoms with van der Waals surface area (Å²) in [5.41, 5.74) is 5.57. The minimum absolute atomic E-state index is 0.233. The van der Waals surface area contributed by atoms with Gasteiger partial charge in [-0.25, -0.2) is 0 Å². The lowest BCUT2D eigenvalue weighted by atomic mass is 10.2. The van der Waals surface area contributed by atoms with Gasteiger partial charge in [0, 0.05) is 5.56 Å². The number of amides is 2. The van der Waals surface area contributed by atoms with E-state index < -0.39 is 11.8 Å². The largest absolute Gasteiger partial charge is 0.366 e. The lowest BCUT2D eigenvalue weighted by molar-refractivity contribution is -0.115. The van der Waals surface area contributed by atoms with Crippen molar-refractivity contribution in [2.75, 3.05) is 5.32 Å². The van der Waals surface area contributed by atoms with Crippen molar-refractivity contribution < 1.29 is 9.59 Å². The Hall–Kier alpha value is -2.06. The molecule has 1 rings (SSSR count). The van der Waals surface area contributed by atoms with Crippen molar-refractivity contribution in [1.29, 1.82) is 5.26 Å². The molecule has 0 radical (unpaired) electrons. The second-order valence-electron chi connectivity index (χ2n) is 2.94. The van der Waals surface area contributed by atoms with Crippen LogP contribution >= 0.6 is 11.6 Å². The van der Waals surface area contributed by atoms with E-state index in [2.05, 4.69) is 5.32 Å². The van der Waals surface area contributed by atoms with Crippen LogP contribution in [0.4, 0.5) is 5.69 Å². The molecule has 0 atom stereocenters. The fraction of sp³-hybridized carbons (Fsp3) is 0.100. The van der Waals surface area contributed by atoms with E-state index in [0.717, 1.165) is 0 Å². The van der Waals surface area contributed by atoms with E-state index in [1.54, 1.807) is 6.07 Å². The first-order chi connectivity index (χ1) is 7.54.